The Labute approximate surface area is 157 Å². The van der Waals surface area contributed by atoms with Crippen LogP contribution in [0.1, 0.15) is 17.3 Å². The van der Waals surface area contributed by atoms with Crippen LogP contribution in [0.5, 0.6) is 0 Å². The van der Waals surface area contributed by atoms with Crippen molar-refractivity contribution in [2.24, 2.45) is 0 Å². The van der Waals surface area contributed by atoms with Crippen molar-refractivity contribution in [3.63, 3.8) is 0 Å². The molecule has 3 aromatic rings. The van der Waals surface area contributed by atoms with Gasteiger partial charge in [-0.3, -0.25) is 4.79 Å². The summed E-state index contributed by atoms with van der Waals surface area (Å²) in [5.74, 6) is 0.760. The fourth-order valence-corrected chi connectivity index (χ4v) is 3.23. The van der Waals surface area contributed by atoms with Crippen molar-refractivity contribution >= 4 is 28.4 Å². The van der Waals surface area contributed by atoms with Gasteiger partial charge < -0.3 is 15.1 Å². The predicted molar refractivity (Wildman–Crippen MR) is 105 cm³/mol. The molecule has 1 fully saturated rings. The summed E-state index contributed by atoms with van der Waals surface area (Å²) in [6.07, 6.45) is 1.71. The lowest BCUT2D eigenvalue weighted by Crippen LogP contribution is -2.44. The molecule has 1 saturated heterocycles. The number of nitrogens with zero attached hydrogens (tertiary/aromatic N) is 6. The Morgan fingerprint density at radius 1 is 1.15 bits per heavy atom. The van der Waals surface area contributed by atoms with Gasteiger partial charge in [0.2, 0.25) is 0 Å². The van der Waals surface area contributed by atoms with Crippen LogP contribution in [0.25, 0.3) is 11.0 Å². The summed E-state index contributed by atoms with van der Waals surface area (Å²) in [5, 5.41) is 11.1. The molecule has 0 saturated carbocycles. The zero-order valence-corrected chi connectivity index (χ0v) is 15.6. The van der Waals surface area contributed by atoms with E-state index in [1.54, 1.807) is 23.0 Å². The first kappa shape index (κ1) is 17.4. The van der Waals surface area contributed by atoms with Gasteiger partial charge in [0.1, 0.15) is 11.3 Å². The summed E-state index contributed by atoms with van der Waals surface area (Å²) < 4.78 is 1.80. The lowest BCUT2D eigenvalue weighted by Gasteiger charge is -2.33. The Morgan fingerprint density at radius 3 is 2.67 bits per heavy atom. The van der Waals surface area contributed by atoms with E-state index in [9.17, 15) is 4.79 Å². The summed E-state index contributed by atoms with van der Waals surface area (Å²) in [5.41, 5.74) is 2.87. The number of hydrogen-bond donors (Lipinski definition) is 1. The van der Waals surface area contributed by atoms with Crippen LogP contribution in [-0.4, -0.2) is 64.0 Å². The van der Waals surface area contributed by atoms with E-state index in [0.29, 0.717) is 16.8 Å². The molecule has 140 valence electrons. The first-order valence-electron chi connectivity index (χ1n) is 9.18. The van der Waals surface area contributed by atoms with E-state index in [1.807, 2.05) is 25.1 Å². The molecule has 0 unspecified atom stereocenters. The van der Waals surface area contributed by atoms with Crippen LogP contribution >= 0.6 is 0 Å². The summed E-state index contributed by atoms with van der Waals surface area (Å²) in [6.45, 7) is 6.75. The van der Waals surface area contributed by atoms with Crippen LogP contribution in [0.3, 0.4) is 0 Å². The van der Waals surface area contributed by atoms with Crippen LogP contribution in [0.4, 0.5) is 11.5 Å². The largest absolute Gasteiger partial charge is 0.354 e. The van der Waals surface area contributed by atoms with E-state index >= 15 is 0 Å². The second kappa shape index (κ2) is 7.32. The summed E-state index contributed by atoms with van der Waals surface area (Å²) in [4.78, 5) is 21.6. The normalized spacial score (nSPS) is 15.3. The van der Waals surface area contributed by atoms with Gasteiger partial charge in [0.15, 0.2) is 0 Å². The van der Waals surface area contributed by atoms with Crippen LogP contribution in [-0.2, 0) is 6.54 Å². The number of pyridine rings is 1. The van der Waals surface area contributed by atoms with Crippen molar-refractivity contribution in [2.45, 2.75) is 13.5 Å². The monoisotopic (exact) mass is 365 g/mol. The molecule has 8 heteroatoms. The third kappa shape index (κ3) is 3.61. The number of benzene rings is 1. The van der Waals surface area contributed by atoms with Crippen molar-refractivity contribution in [1.82, 2.24) is 24.9 Å². The fourth-order valence-electron chi connectivity index (χ4n) is 3.23. The van der Waals surface area contributed by atoms with Gasteiger partial charge in [-0.15, -0.1) is 5.10 Å². The maximum absolute atomic E-state index is 12.5. The molecule has 4 rings (SSSR count). The number of anilines is 2. The smallest absolute Gasteiger partial charge is 0.255 e. The number of rotatable bonds is 4. The van der Waals surface area contributed by atoms with Crippen molar-refractivity contribution in [3.8, 4) is 0 Å². The zero-order chi connectivity index (χ0) is 18.8. The number of amides is 1. The van der Waals surface area contributed by atoms with Gasteiger partial charge in [-0.2, -0.15) is 0 Å². The number of carbonyl (C=O) groups is 1. The lowest BCUT2D eigenvalue weighted by molar-refractivity contribution is 0.102. The number of hydrogen-bond acceptors (Lipinski definition) is 6. The second-order valence-electron chi connectivity index (χ2n) is 6.76. The van der Waals surface area contributed by atoms with Gasteiger partial charge in [-0.25, -0.2) is 9.67 Å². The average molecular weight is 365 g/mol. The third-order valence-corrected chi connectivity index (χ3v) is 4.91. The maximum Gasteiger partial charge on any atom is 0.255 e. The number of aromatic nitrogens is 4. The molecule has 1 aliphatic heterocycles. The summed E-state index contributed by atoms with van der Waals surface area (Å²) in [6, 6.07) is 9.28. The van der Waals surface area contributed by atoms with Crippen LogP contribution in [0, 0.1) is 0 Å². The molecule has 8 nitrogen and oxygen atoms in total. The van der Waals surface area contributed by atoms with Gasteiger partial charge >= 0.3 is 0 Å². The van der Waals surface area contributed by atoms with Gasteiger partial charge in [0, 0.05) is 38.3 Å². The lowest BCUT2D eigenvalue weighted by atomic mass is 10.2. The van der Waals surface area contributed by atoms with E-state index in [0.717, 1.165) is 44.1 Å². The van der Waals surface area contributed by atoms with Crippen LogP contribution in [0.2, 0.25) is 0 Å². The highest BCUT2D eigenvalue weighted by molar-refractivity contribution is 6.05. The molecule has 1 aliphatic rings. The van der Waals surface area contributed by atoms with E-state index in [2.05, 4.69) is 37.5 Å². The van der Waals surface area contributed by atoms with Gasteiger partial charge in [0.05, 0.1) is 17.4 Å². The number of piperazine rings is 1. The topological polar surface area (TPSA) is 79.2 Å². The number of carbonyl (C=O) groups excluding carboxylic acids is 1. The fraction of sp³-hybridized carbons (Fsp3) is 0.368. The third-order valence-electron chi connectivity index (χ3n) is 4.91. The molecule has 0 bridgehead atoms. The minimum atomic E-state index is -0.183. The highest BCUT2D eigenvalue weighted by Gasteiger charge is 2.15. The van der Waals surface area contributed by atoms with Crippen LogP contribution in [0.15, 0.2) is 36.5 Å². The Bertz CT molecular complexity index is 942. The van der Waals surface area contributed by atoms with Gasteiger partial charge in [-0.05, 0) is 44.3 Å². The first-order valence-corrected chi connectivity index (χ1v) is 9.18. The molecule has 1 amide bonds. The summed E-state index contributed by atoms with van der Waals surface area (Å²) >= 11 is 0. The van der Waals surface area contributed by atoms with Crippen molar-refractivity contribution < 1.29 is 4.79 Å². The van der Waals surface area contributed by atoms with Crippen LogP contribution < -0.4 is 10.2 Å². The predicted octanol–water partition coefficient (Wildman–Crippen LogP) is 1.85. The van der Waals surface area contributed by atoms with Gasteiger partial charge in [-0.1, -0.05) is 5.21 Å². The molecule has 0 atom stereocenters. The van der Waals surface area contributed by atoms with Gasteiger partial charge in [0.25, 0.3) is 5.91 Å². The van der Waals surface area contributed by atoms with E-state index < -0.39 is 0 Å². The molecular weight excluding hydrogens is 342 g/mol. The number of likely N-dealkylation sites (N-methyl/N-ethyl adjacent to an activating group) is 1. The second-order valence-corrected chi connectivity index (χ2v) is 6.76. The Kier molecular flexibility index (Phi) is 4.72. The highest BCUT2D eigenvalue weighted by Crippen LogP contribution is 2.18. The Hall–Kier alpha value is -3.00. The van der Waals surface area contributed by atoms with E-state index in [-0.39, 0.29) is 5.91 Å². The minimum absolute atomic E-state index is 0.183. The standard InChI is InChI=1S/C19H23N7O/c1-3-26-17-6-4-14(12-16(17)22-23-26)19(27)21-15-5-7-18(20-13-15)25-10-8-24(2)9-11-25/h4-7,12-13H,3,8-11H2,1-2H3,(H,21,27). The number of fused-ring (bicyclic) bond motifs is 1. The quantitative estimate of drug-likeness (QED) is 0.760. The highest BCUT2D eigenvalue weighted by atomic mass is 16.1. The molecule has 2 aromatic heterocycles. The number of aryl methyl sites for hydroxylation is 1. The molecule has 1 N–H and O–H groups in total. The molecular formula is C19H23N7O. The minimum Gasteiger partial charge on any atom is -0.354 e. The van der Waals surface area contributed by atoms with E-state index in [1.165, 1.54) is 0 Å². The Balaban J connectivity index is 1.45. The van der Waals surface area contributed by atoms with E-state index in [4.69, 9.17) is 0 Å². The zero-order valence-electron chi connectivity index (χ0n) is 15.6. The average Bonchev–Trinajstić information content (AvgIpc) is 3.11. The first-order chi connectivity index (χ1) is 13.1. The van der Waals surface area contributed by atoms with Crippen molar-refractivity contribution in [3.05, 3.63) is 42.1 Å². The van der Waals surface area contributed by atoms with Crippen molar-refractivity contribution in [2.75, 3.05) is 43.4 Å². The molecule has 3 heterocycles. The molecule has 27 heavy (non-hydrogen) atoms. The summed E-state index contributed by atoms with van der Waals surface area (Å²) in [7, 11) is 2.13. The molecule has 0 spiro atoms. The van der Waals surface area contributed by atoms with Crippen molar-refractivity contribution in [1.29, 1.82) is 0 Å². The maximum atomic E-state index is 12.5. The molecule has 0 aliphatic carbocycles. The SMILES string of the molecule is CCn1nnc2cc(C(=O)Nc3ccc(N4CCN(C)CC4)nc3)ccc21. The number of nitrogens with one attached hydrogen (secondary N) is 1. The molecule has 1 aromatic carbocycles. The molecule has 0 radical (unpaired) electrons. The Morgan fingerprint density at radius 2 is 1.96 bits per heavy atom.